The van der Waals surface area contributed by atoms with Crippen LogP contribution in [0.5, 0.6) is 0 Å². The highest BCUT2D eigenvalue weighted by Gasteiger charge is 2.22. The van der Waals surface area contributed by atoms with Crippen molar-refractivity contribution in [2.75, 3.05) is 41.3 Å². The molecular weight excluding hydrogens is 355 g/mol. The van der Waals surface area contributed by atoms with Gasteiger partial charge >= 0.3 is 0 Å². The molecular formula is C22H27FN4O. The van der Waals surface area contributed by atoms with Crippen molar-refractivity contribution in [2.45, 2.75) is 32.1 Å². The van der Waals surface area contributed by atoms with Gasteiger partial charge in [-0.05, 0) is 37.1 Å². The Kier molecular flexibility index (Phi) is 5.74. The maximum absolute atomic E-state index is 14.0. The van der Waals surface area contributed by atoms with Gasteiger partial charge in [-0.2, -0.15) is 0 Å². The van der Waals surface area contributed by atoms with Crippen LogP contribution in [0.3, 0.4) is 0 Å². The molecule has 1 aliphatic heterocycles. The second-order valence-corrected chi connectivity index (χ2v) is 7.65. The molecule has 2 heterocycles. The van der Waals surface area contributed by atoms with Gasteiger partial charge in [-0.1, -0.05) is 31.4 Å². The maximum atomic E-state index is 14.0. The monoisotopic (exact) mass is 382 g/mol. The van der Waals surface area contributed by atoms with E-state index in [0.29, 0.717) is 5.69 Å². The fraction of sp³-hybridized carbons (Fsp3) is 0.455. The Morgan fingerprint density at radius 3 is 2.36 bits per heavy atom. The number of nitrogens with zero attached hydrogens (tertiary/aromatic N) is 3. The summed E-state index contributed by atoms with van der Waals surface area (Å²) in [4.78, 5) is 21.2. The molecule has 1 amide bonds. The van der Waals surface area contributed by atoms with E-state index in [9.17, 15) is 9.18 Å². The third-order valence-electron chi connectivity index (χ3n) is 5.79. The van der Waals surface area contributed by atoms with E-state index >= 15 is 0 Å². The first-order chi connectivity index (χ1) is 13.7. The lowest BCUT2D eigenvalue weighted by Gasteiger charge is -2.36. The average molecular weight is 382 g/mol. The van der Waals surface area contributed by atoms with Crippen molar-refractivity contribution >= 4 is 23.1 Å². The molecule has 2 fully saturated rings. The van der Waals surface area contributed by atoms with Crippen molar-refractivity contribution in [3.63, 3.8) is 0 Å². The Bertz CT molecular complexity index is 796. The average Bonchev–Trinajstić information content (AvgIpc) is 2.75. The normalized spacial score (nSPS) is 18.2. The quantitative estimate of drug-likeness (QED) is 0.866. The Hall–Kier alpha value is -2.63. The fourth-order valence-corrected chi connectivity index (χ4v) is 4.14. The lowest BCUT2D eigenvalue weighted by molar-refractivity contribution is -0.120. The minimum absolute atomic E-state index is 0.118. The molecule has 0 bridgehead atoms. The van der Waals surface area contributed by atoms with Crippen LogP contribution in [0.2, 0.25) is 0 Å². The molecule has 4 rings (SSSR count). The minimum atomic E-state index is -0.174. The van der Waals surface area contributed by atoms with Crippen LogP contribution in [-0.2, 0) is 4.79 Å². The number of hydrogen-bond donors (Lipinski definition) is 1. The second-order valence-electron chi connectivity index (χ2n) is 7.65. The van der Waals surface area contributed by atoms with E-state index < -0.39 is 0 Å². The Morgan fingerprint density at radius 2 is 1.68 bits per heavy atom. The molecule has 1 saturated heterocycles. The number of hydrogen-bond acceptors (Lipinski definition) is 4. The van der Waals surface area contributed by atoms with Crippen LogP contribution in [0.4, 0.5) is 21.6 Å². The summed E-state index contributed by atoms with van der Waals surface area (Å²) < 4.78 is 14.0. The molecule has 0 radical (unpaired) electrons. The fourth-order valence-electron chi connectivity index (χ4n) is 4.14. The van der Waals surface area contributed by atoms with Crippen molar-refractivity contribution in [3.05, 3.63) is 48.4 Å². The summed E-state index contributed by atoms with van der Waals surface area (Å²) in [7, 11) is 0. The highest BCUT2D eigenvalue weighted by atomic mass is 19.1. The number of nitrogens with one attached hydrogen (secondary N) is 1. The Morgan fingerprint density at radius 1 is 0.964 bits per heavy atom. The van der Waals surface area contributed by atoms with E-state index in [2.05, 4.69) is 20.1 Å². The van der Waals surface area contributed by atoms with Crippen LogP contribution < -0.4 is 15.1 Å². The van der Waals surface area contributed by atoms with E-state index in [1.807, 2.05) is 24.3 Å². The molecule has 1 aromatic heterocycles. The van der Waals surface area contributed by atoms with Crippen LogP contribution in [0, 0.1) is 11.7 Å². The van der Waals surface area contributed by atoms with E-state index in [1.54, 1.807) is 12.3 Å². The van der Waals surface area contributed by atoms with E-state index in [0.717, 1.165) is 63.4 Å². The largest absolute Gasteiger partial charge is 0.366 e. The minimum Gasteiger partial charge on any atom is -0.366 e. The molecule has 0 atom stereocenters. The summed E-state index contributed by atoms with van der Waals surface area (Å²) in [6, 6.07) is 10.8. The molecule has 1 aliphatic carbocycles. The van der Waals surface area contributed by atoms with Gasteiger partial charge in [-0.15, -0.1) is 0 Å². The zero-order valence-electron chi connectivity index (χ0n) is 16.1. The molecule has 2 aromatic rings. The molecule has 0 unspecified atom stereocenters. The van der Waals surface area contributed by atoms with E-state index in [4.69, 9.17) is 0 Å². The number of rotatable bonds is 4. The van der Waals surface area contributed by atoms with Gasteiger partial charge in [-0.3, -0.25) is 4.79 Å². The summed E-state index contributed by atoms with van der Waals surface area (Å²) in [5.74, 6) is 0.976. The summed E-state index contributed by atoms with van der Waals surface area (Å²) in [6.45, 7) is 3.08. The molecule has 2 aliphatic rings. The zero-order chi connectivity index (χ0) is 19.3. The van der Waals surface area contributed by atoms with Gasteiger partial charge in [-0.25, -0.2) is 9.37 Å². The van der Waals surface area contributed by atoms with Crippen molar-refractivity contribution in [3.8, 4) is 0 Å². The first-order valence-corrected chi connectivity index (χ1v) is 10.2. The maximum Gasteiger partial charge on any atom is 0.227 e. The molecule has 6 heteroatoms. The van der Waals surface area contributed by atoms with Crippen LogP contribution in [0.1, 0.15) is 32.1 Å². The van der Waals surface area contributed by atoms with Crippen molar-refractivity contribution in [2.24, 2.45) is 5.92 Å². The summed E-state index contributed by atoms with van der Waals surface area (Å²) in [5.41, 5.74) is 1.42. The standard InChI is InChI=1S/C22H27FN4O/c23-19-8-4-5-9-20(19)26-12-14-27(15-13-26)21-11-10-18(16-24-21)25-22(28)17-6-2-1-3-7-17/h4-5,8-11,16-17H,1-3,6-7,12-15H2,(H,25,28). The molecule has 1 saturated carbocycles. The predicted octanol–water partition coefficient (Wildman–Crippen LogP) is 4.07. The number of aromatic nitrogens is 1. The van der Waals surface area contributed by atoms with Gasteiger partial charge in [0.25, 0.3) is 0 Å². The number of anilines is 3. The first kappa shape index (κ1) is 18.7. The molecule has 1 aromatic carbocycles. The van der Waals surface area contributed by atoms with Gasteiger partial charge in [0.1, 0.15) is 11.6 Å². The SMILES string of the molecule is O=C(Nc1ccc(N2CCN(c3ccccc3F)CC2)nc1)C1CCCCC1. The summed E-state index contributed by atoms with van der Waals surface area (Å²) in [6.07, 6.45) is 7.25. The number of halogens is 1. The zero-order valence-corrected chi connectivity index (χ0v) is 16.1. The molecule has 0 spiro atoms. The van der Waals surface area contributed by atoms with Crippen LogP contribution >= 0.6 is 0 Å². The van der Waals surface area contributed by atoms with Crippen LogP contribution in [0.15, 0.2) is 42.6 Å². The van der Waals surface area contributed by atoms with Crippen LogP contribution in [0.25, 0.3) is 0 Å². The van der Waals surface area contributed by atoms with Crippen molar-refractivity contribution in [1.82, 2.24) is 4.98 Å². The smallest absolute Gasteiger partial charge is 0.227 e. The third-order valence-corrected chi connectivity index (χ3v) is 5.79. The highest BCUT2D eigenvalue weighted by Crippen LogP contribution is 2.26. The second kappa shape index (κ2) is 8.59. The third kappa shape index (κ3) is 4.26. The number of piperazine rings is 1. The predicted molar refractivity (Wildman–Crippen MR) is 110 cm³/mol. The number of benzene rings is 1. The van der Waals surface area contributed by atoms with Gasteiger partial charge in [0.05, 0.1) is 17.6 Å². The van der Waals surface area contributed by atoms with Crippen LogP contribution in [-0.4, -0.2) is 37.1 Å². The topological polar surface area (TPSA) is 48.5 Å². The lowest BCUT2D eigenvalue weighted by Crippen LogP contribution is -2.47. The molecule has 148 valence electrons. The molecule has 28 heavy (non-hydrogen) atoms. The lowest BCUT2D eigenvalue weighted by atomic mass is 9.88. The van der Waals surface area contributed by atoms with Crippen molar-refractivity contribution in [1.29, 1.82) is 0 Å². The number of carbonyl (C=O) groups is 1. The van der Waals surface area contributed by atoms with E-state index in [1.165, 1.54) is 12.5 Å². The van der Waals surface area contributed by atoms with Gasteiger partial charge in [0.2, 0.25) is 5.91 Å². The van der Waals surface area contributed by atoms with Crippen molar-refractivity contribution < 1.29 is 9.18 Å². The number of amides is 1. The number of para-hydroxylation sites is 1. The van der Waals surface area contributed by atoms with Gasteiger partial charge in [0.15, 0.2) is 0 Å². The number of carbonyl (C=O) groups excluding carboxylic acids is 1. The Balaban J connectivity index is 1.32. The first-order valence-electron chi connectivity index (χ1n) is 10.2. The van der Waals surface area contributed by atoms with E-state index in [-0.39, 0.29) is 17.6 Å². The molecule has 1 N–H and O–H groups in total. The van der Waals surface area contributed by atoms with Gasteiger partial charge < -0.3 is 15.1 Å². The highest BCUT2D eigenvalue weighted by molar-refractivity contribution is 5.92. The molecule has 5 nitrogen and oxygen atoms in total. The van der Waals surface area contributed by atoms with Gasteiger partial charge in [0, 0.05) is 32.1 Å². The summed E-state index contributed by atoms with van der Waals surface area (Å²) in [5, 5.41) is 3.01. The summed E-state index contributed by atoms with van der Waals surface area (Å²) >= 11 is 0. The number of pyridine rings is 1. The Labute approximate surface area is 165 Å².